The first-order chi connectivity index (χ1) is 16.2. The van der Waals surface area contributed by atoms with Crippen molar-refractivity contribution in [2.24, 2.45) is 0 Å². The van der Waals surface area contributed by atoms with Crippen molar-refractivity contribution in [2.75, 3.05) is 23.8 Å². The Morgan fingerprint density at radius 3 is 2.15 bits per heavy atom. The van der Waals surface area contributed by atoms with E-state index >= 15 is 0 Å². The summed E-state index contributed by atoms with van der Waals surface area (Å²) in [5, 5.41) is 11.1. The molecule has 3 aromatic rings. The van der Waals surface area contributed by atoms with E-state index in [0.717, 1.165) is 42.6 Å². The maximum absolute atomic E-state index is 13.1. The van der Waals surface area contributed by atoms with Crippen molar-refractivity contribution >= 4 is 16.8 Å². The highest BCUT2D eigenvalue weighted by Gasteiger charge is 2.30. The van der Waals surface area contributed by atoms with E-state index in [-0.39, 0.29) is 10.7 Å². The summed E-state index contributed by atoms with van der Waals surface area (Å²) >= 11 is -2.45. The molecule has 184 valence electrons. The lowest BCUT2D eigenvalue weighted by atomic mass is 9.98. The Hall–Kier alpha value is -2.99. The topological polar surface area (TPSA) is 110 Å². The van der Waals surface area contributed by atoms with E-state index in [4.69, 9.17) is 5.84 Å². The molecule has 1 heterocycles. The molecule has 34 heavy (non-hydrogen) atoms. The van der Waals surface area contributed by atoms with Crippen LogP contribution in [0.3, 0.4) is 0 Å². The number of tetrazole rings is 1. The highest BCUT2D eigenvalue weighted by atomic mass is 32.2. The lowest BCUT2D eigenvalue weighted by Gasteiger charge is -2.29. The van der Waals surface area contributed by atoms with Crippen LogP contribution in [-0.2, 0) is 17.3 Å². The zero-order chi connectivity index (χ0) is 24.9. The summed E-state index contributed by atoms with van der Waals surface area (Å²) in [6.45, 7) is 5.45. The van der Waals surface area contributed by atoms with Gasteiger partial charge in [-0.05, 0) is 53.1 Å². The lowest BCUT2D eigenvalue weighted by Crippen LogP contribution is -2.26. The van der Waals surface area contributed by atoms with Crippen molar-refractivity contribution in [3.63, 3.8) is 0 Å². The smallest absolute Gasteiger partial charge is 0.371 e. The second kappa shape index (κ2) is 11.0. The second-order valence-electron chi connectivity index (χ2n) is 7.83. The van der Waals surface area contributed by atoms with Crippen molar-refractivity contribution < 1.29 is 21.9 Å². The van der Waals surface area contributed by atoms with Gasteiger partial charge in [0, 0.05) is 29.9 Å². The average molecular weight is 497 g/mol. The molecule has 0 fully saturated rings. The van der Waals surface area contributed by atoms with Crippen LogP contribution in [0.2, 0.25) is 0 Å². The molecule has 12 heteroatoms. The first-order valence-corrected chi connectivity index (χ1v) is 12.0. The normalized spacial score (nSPS) is 12.6. The van der Waals surface area contributed by atoms with Crippen LogP contribution in [0.25, 0.3) is 22.5 Å². The van der Waals surface area contributed by atoms with Crippen LogP contribution in [-0.4, -0.2) is 42.2 Å². The zero-order valence-electron chi connectivity index (χ0n) is 18.9. The summed E-state index contributed by atoms with van der Waals surface area (Å²) < 4.78 is 62.0. The summed E-state index contributed by atoms with van der Waals surface area (Å²) in [4.78, 5) is 3.08. The van der Waals surface area contributed by atoms with E-state index in [0.29, 0.717) is 35.5 Å². The fourth-order valence-electron chi connectivity index (χ4n) is 3.67. The molecular formula is C22H27F3N6O2S. The monoisotopic (exact) mass is 496 g/mol. The molecule has 0 amide bonds. The van der Waals surface area contributed by atoms with Gasteiger partial charge >= 0.3 is 6.18 Å². The Bertz CT molecular complexity index is 1130. The molecule has 0 radical (unpaired) electrons. The van der Waals surface area contributed by atoms with Gasteiger partial charge in [-0.2, -0.15) is 13.2 Å². The molecule has 0 aliphatic carbocycles. The third-order valence-electron chi connectivity index (χ3n) is 5.43. The van der Waals surface area contributed by atoms with Crippen LogP contribution in [0.15, 0.2) is 41.3 Å². The van der Waals surface area contributed by atoms with E-state index in [1.165, 1.54) is 18.2 Å². The van der Waals surface area contributed by atoms with E-state index < -0.39 is 22.8 Å². The van der Waals surface area contributed by atoms with Gasteiger partial charge in [0.1, 0.15) is 0 Å². The Morgan fingerprint density at radius 1 is 1.06 bits per heavy atom. The van der Waals surface area contributed by atoms with E-state index in [1.54, 1.807) is 6.07 Å². The summed E-state index contributed by atoms with van der Waals surface area (Å²) in [6.07, 6.45) is -0.894. The number of nitrogens with zero attached hydrogens (tertiary/aromatic N) is 5. The molecular weight excluding hydrogens is 469 g/mol. The van der Waals surface area contributed by atoms with Crippen molar-refractivity contribution in [3.8, 4) is 22.5 Å². The fourth-order valence-corrected chi connectivity index (χ4v) is 4.29. The number of aromatic nitrogens is 4. The minimum atomic E-state index is -4.49. The molecule has 3 N–H and O–H groups in total. The maximum atomic E-state index is 13.1. The van der Waals surface area contributed by atoms with E-state index in [1.807, 2.05) is 0 Å². The molecule has 2 aromatic carbocycles. The number of alkyl halides is 3. The molecule has 0 saturated carbocycles. The number of hydrogen-bond acceptors (Lipinski definition) is 6. The highest BCUT2D eigenvalue weighted by Crippen LogP contribution is 2.40. The van der Waals surface area contributed by atoms with Gasteiger partial charge in [-0.1, -0.05) is 38.8 Å². The van der Waals surface area contributed by atoms with Crippen LogP contribution in [0, 0.1) is 0 Å². The largest absolute Gasteiger partial charge is 0.416 e. The molecule has 1 unspecified atom stereocenters. The third kappa shape index (κ3) is 5.73. The quantitative estimate of drug-likeness (QED) is 0.308. The predicted molar refractivity (Wildman–Crippen MR) is 125 cm³/mol. The maximum Gasteiger partial charge on any atom is 0.416 e. The Labute approximate surface area is 198 Å². The number of hydrogen-bond donors (Lipinski definition) is 2. The zero-order valence-corrected chi connectivity index (χ0v) is 19.7. The van der Waals surface area contributed by atoms with Crippen molar-refractivity contribution in [1.82, 2.24) is 20.3 Å². The van der Waals surface area contributed by atoms with Gasteiger partial charge < -0.3 is 15.3 Å². The first kappa shape index (κ1) is 25.6. The van der Waals surface area contributed by atoms with Gasteiger partial charge in [-0.3, -0.25) is 0 Å². The van der Waals surface area contributed by atoms with Gasteiger partial charge in [-0.15, -0.1) is 9.89 Å². The first-order valence-electron chi connectivity index (χ1n) is 10.9. The molecule has 8 nitrogen and oxygen atoms in total. The third-order valence-corrected chi connectivity index (χ3v) is 6.12. The van der Waals surface area contributed by atoms with Crippen molar-refractivity contribution in [1.29, 1.82) is 0 Å². The molecule has 0 aliphatic rings. The minimum absolute atomic E-state index is 0.0354. The van der Waals surface area contributed by atoms with Gasteiger partial charge in [0.25, 0.3) is 0 Å². The second-order valence-corrected chi connectivity index (χ2v) is 8.77. The minimum Gasteiger partial charge on any atom is -0.371 e. The summed E-state index contributed by atoms with van der Waals surface area (Å²) in [7, 11) is 0. The summed E-state index contributed by atoms with van der Waals surface area (Å²) in [5.41, 5.74) is 1.03. The number of anilines is 1. The number of nitrogen functional groups attached to an aromatic ring is 1. The SMILES string of the molecule is CCCCN(CCCC)c1cc(-c2nnnn2N)cc(S(=O)O)c1-c1ccc(C(F)(F)F)cc1. The fraction of sp³-hybridized carbons (Fsp3) is 0.409. The van der Waals surface area contributed by atoms with Crippen LogP contribution in [0.4, 0.5) is 18.9 Å². The van der Waals surface area contributed by atoms with Gasteiger partial charge in [0.05, 0.1) is 10.5 Å². The number of halogens is 3. The van der Waals surface area contributed by atoms with Gasteiger partial charge in [0.2, 0.25) is 5.82 Å². The van der Waals surface area contributed by atoms with Crippen molar-refractivity contribution in [3.05, 3.63) is 42.0 Å². The molecule has 1 atom stereocenters. The van der Waals surface area contributed by atoms with E-state index in [2.05, 4.69) is 34.3 Å². The van der Waals surface area contributed by atoms with E-state index in [9.17, 15) is 21.9 Å². The Morgan fingerprint density at radius 2 is 1.68 bits per heavy atom. The highest BCUT2D eigenvalue weighted by molar-refractivity contribution is 7.79. The molecule has 0 aliphatic heterocycles. The van der Waals surface area contributed by atoms with Crippen LogP contribution >= 0.6 is 0 Å². The number of rotatable bonds is 10. The molecule has 0 spiro atoms. The molecule has 3 rings (SSSR count). The number of unbranched alkanes of at least 4 members (excludes halogenated alkanes) is 2. The Balaban J connectivity index is 2.28. The summed E-state index contributed by atoms with van der Waals surface area (Å²) in [5.74, 6) is 6.01. The Kier molecular flexibility index (Phi) is 8.26. The predicted octanol–water partition coefficient (Wildman–Crippen LogP) is 4.73. The van der Waals surface area contributed by atoms with Crippen LogP contribution in [0.5, 0.6) is 0 Å². The summed E-state index contributed by atoms with van der Waals surface area (Å²) in [6, 6.07) is 7.80. The average Bonchev–Trinajstić information content (AvgIpc) is 3.23. The lowest BCUT2D eigenvalue weighted by molar-refractivity contribution is -0.137. The van der Waals surface area contributed by atoms with Crippen LogP contribution < -0.4 is 10.7 Å². The molecule has 0 bridgehead atoms. The van der Waals surface area contributed by atoms with Crippen LogP contribution in [0.1, 0.15) is 45.1 Å². The van der Waals surface area contributed by atoms with Gasteiger partial charge in [-0.25, -0.2) is 4.21 Å². The van der Waals surface area contributed by atoms with Crippen molar-refractivity contribution in [2.45, 2.75) is 50.6 Å². The number of benzene rings is 2. The van der Waals surface area contributed by atoms with Gasteiger partial charge in [0.15, 0.2) is 11.1 Å². The molecule has 1 aromatic heterocycles. The standard InChI is InChI=1S/C22H27F3N6O2S/c1-3-5-11-30(12-6-4-2)18-13-16(21-27-28-29-31(21)26)14-19(34(32)33)20(18)15-7-9-17(10-8-15)22(23,24)25/h7-10,13-14H,3-6,11-12,26H2,1-2H3,(H,32,33). The molecule has 0 saturated heterocycles. The number of nitrogens with two attached hydrogens (primary N) is 1.